The lowest BCUT2D eigenvalue weighted by molar-refractivity contribution is 0.0977. The molecule has 0 aliphatic heterocycles. The Labute approximate surface area is 196 Å². The fraction of sp³-hybridized carbons (Fsp3) is 0.167. The lowest BCUT2D eigenvalue weighted by Crippen LogP contribution is -2.34. The predicted molar refractivity (Wildman–Crippen MR) is 131 cm³/mol. The molecule has 33 heavy (non-hydrogen) atoms. The van der Waals surface area contributed by atoms with E-state index in [1.54, 1.807) is 36.2 Å². The average molecular weight is 462 g/mol. The van der Waals surface area contributed by atoms with E-state index in [2.05, 4.69) is 20.8 Å². The van der Waals surface area contributed by atoms with Crippen LogP contribution in [0, 0.1) is 6.92 Å². The van der Waals surface area contributed by atoms with Crippen molar-refractivity contribution in [3.05, 3.63) is 71.8 Å². The number of hydrogen-bond acceptors (Lipinski definition) is 6. The van der Waals surface area contributed by atoms with Crippen LogP contribution in [0.5, 0.6) is 11.5 Å². The maximum absolute atomic E-state index is 12.5. The highest BCUT2D eigenvalue weighted by molar-refractivity contribution is 7.80. The van der Waals surface area contributed by atoms with Crippen LogP contribution in [0.2, 0.25) is 0 Å². The molecule has 0 fully saturated rings. The number of aryl methyl sites for hydroxylation is 1. The Bertz CT molecular complexity index is 1320. The Kier molecular flexibility index (Phi) is 6.50. The first-order valence-corrected chi connectivity index (χ1v) is 10.7. The van der Waals surface area contributed by atoms with E-state index in [1.807, 2.05) is 50.2 Å². The van der Waals surface area contributed by atoms with E-state index in [1.165, 1.54) is 0 Å². The molecule has 0 spiro atoms. The number of thiocarbonyl (C=S) groups is 1. The number of carbonyl (C=O) groups excluding carboxylic acids is 1. The van der Waals surface area contributed by atoms with Crippen LogP contribution in [0.4, 0.5) is 5.69 Å². The lowest BCUT2D eigenvalue weighted by atomic mass is 10.2. The first-order valence-electron chi connectivity index (χ1n) is 10.3. The first kappa shape index (κ1) is 22.2. The lowest BCUT2D eigenvalue weighted by Gasteiger charge is -2.12. The van der Waals surface area contributed by atoms with Gasteiger partial charge in [-0.15, -0.1) is 10.2 Å². The van der Waals surface area contributed by atoms with Crippen molar-refractivity contribution in [1.82, 2.24) is 20.3 Å². The summed E-state index contributed by atoms with van der Waals surface area (Å²) in [5.41, 5.74) is 4.36. The van der Waals surface area contributed by atoms with Crippen LogP contribution in [0.3, 0.4) is 0 Å². The fourth-order valence-electron chi connectivity index (χ4n) is 3.25. The quantitative estimate of drug-likeness (QED) is 0.415. The van der Waals surface area contributed by atoms with Gasteiger partial charge in [0, 0.05) is 11.3 Å². The normalized spacial score (nSPS) is 10.6. The maximum atomic E-state index is 12.5. The van der Waals surface area contributed by atoms with Crippen molar-refractivity contribution in [1.29, 1.82) is 0 Å². The van der Waals surface area contributed by atoms with Gasteiger partial charge in [-0.25, -0.2) is 0 Å². The second-order valence-electron chi connectivity index (χ2n) is 7.21. The molecule has 2 N–H and O–H groups in total. The van der Waals surface area contributed by atoms with Crippen molar-refractivity contribution < 1.29 is 14.3 Å². The average Bonchev–Trinajstić information content (AvgIpc) is 3.22. The topological polar surface area (TPSA) is 90.3 Å². The Morgan fingerprint density at radius 3 is 2.45 bits per heavy atom. The molecule has 1 aromatic heterocycles. The molecule has 0 saturated carbocycles. The third-order valence-corrected chi connectivity index (χ3v) is 5.12. The van der Waals surface area contributed by atoms with E-state index in [0.717, 1.165) is 28.2 Å². The van der Waals surface area contributed by atoms with Gasteiger partial charge in [0.1, 0.15) is 22.5 Å². The molecular weight excluding hydrogens is 438 g/mol. The Hall–Kier alpha value is -3.98. The van der Waals surface area contributed by atoms with Crippen molar-refractivity contribution in [2.45, 2.75) is 13.8 Å². The van der Waals surface area contributed by atoms with Crippen LogP contribution < -0.4 is 20.1 Å². The molecule has 0 unspecified atom stereocenters. The number of anilines is 1. The molecule has 4 rings (SSSR count). The highest BCUT2D eigenvalue weighted by atomic mass is 32.1. The van der Waals surface area contributed by atoms with Crippen molar-refractivity contribution in [2.75, 3.05) is 19.0 Å². The summed E-state index contributed by atoms with van der Waals surface area (Å²) in [5, 5.41) is 15.1. The third-order valence-electron chi connectivity index (χ3n) is 4.91. The second kappa shape index (κ2) is 9.66. The molecule has 8 nitrogen and oxygen atoms in total. The van der Waals surface area contributed by atoms with Crippen LogP contribution in [0.1, 0.15) is 22.8 Å². The summed E-state index contributed by atoms with van der Waals surface area (Å²) in [6, 6.07) is 18.2. The van der Waals surface area contributed by atoms with Gasteiger partial charge in [0.05, 0.1) is 19.4 Å². The highest BCUT2D eigenvalue weighted by Crippen LogP contribution is 2.23. The minimum atomic E-state index is -0.327. The Balaban J connectivity index is 1.50. The summed E-state index contributed by atoms with van der Waals surface area (Å²) >= 11 is 5.34. The molecule has 0 saturated heterocycles. The number of aromatic nitrogens is 3. The Morgan fingerprint density at radius 1 is 1.03 bits per heavy atom. The van der Waals surface area contributed by atoms with Gasteiger partial charge in [-0.3, -0.25) is 10.1 Å². The largest absolute Gasteiger partial charge is 0.497 e. The van der Waals surface area contributed by atoms with Crippen LogP contribution in [-0.2, 0) is 0 Å². The van der Waals surface area contributed by atoms with E-state index in [-0.39, 0.29) is 11.0 Å². The minimum Gasteiger partial charge on any atom is -0.497 e. The van der Waals surface area contributed by atoms with Crippen LogP contribution in [0.15, 0.2) is 60.7 Å². The molecule has 4 aromatic rings. The molecular formula is C24H23N5O3S. The Morgan fingerprint density at radius 2 is 1.76 bits per heavy atom. The smallest absolute Gasteiger partial charge is 0.257 e. The van der Waals surface area contributed by atoms with Gasteiger partial charge in [-0.05, 0) is 86.2 Å². The molecule has 0 aliphatic rings. The zero-order chi connectivity index (χ0) is 23.4. The molecule has 0 aliphatic carbocycles. The number of ether oxygens (including phenoxy) is 2. The molecule has 1 amide bonds. The zero-order valence-corrected chi connectivity index (χ0v) is 19.3. The maximum Gasteiger partial charge on any atom is 0.257 e. The number of hydrogen-bond donors (Lipinski definition) is 2. The van der Waals surface area contributed by atoms with Gasteiger partial charge in [-0.1, -0.05) is 6.07 Å². The van der Waals surface area contributed by atoms with Crippen LogP contribution >= 0.6 is 12.2 Å². The van der Waals surface area contributed by atoms with Gasteiger partial charge in [0.15, 0.2) is 5.11 Å². The molecule has 9 heteroatoms. The zero-order valence-electron chi connectivity index (χ0n) is 18.5. The van der Waals surface area contributed by atoms with Crippen LogP contribution in [0.25, 0.3) is 16.7 Å². The van der Waals surface area contributed by atoms with E-state index >= 15 is 0 Å². The van der Waals surface area contributed by atoms with E-state index < -0.39 is 0 Å². The monoisotopic (exact) mass is 461 g/mol. The summed E-state index contributed by atoms with van der Waals surface area (Å²) in [4.78, 5) is 14.1. The fourth-order valence-corrected chi connectivity index (χ4v) is 3.46. The minimum absolute atomic E-state index is 0.184. The van der Waals surface area contributed by atoms with Gasteiger partial charge < -0.3 is 14.8 Å². The standard InChI is InChI=1S/C24H23N5O3S/c1-4-32-18-10-8-17(9-11-18)29-27-21-12-15(2)20(14-22(21)28-29)25-24(33)26-23(30)16-6-5-7-19(13-16)31-3/h5-14H,4H2,1-3H3,(H2,25,26,30,33). The van der Waals surface area contributed by atoms with Crippen molar-refractivity contribution in [3.63, 3.8) is 0 Å². The van der Waals surface area contributed by atoms with Crippen molar-refractivity contribution >= 4 is 40.0 Å². The summed E-state index contributed by atoms with van der Waals surface area (Å²) in [6.07, 6.45) is 0. The summed E-state index contributed by atoms with van der Waals surface area (Å²) in [6.45, 7) is 4.49. The molecule has 1 heterocycles. The van der Waals surface area contributed by atoms with Crippen LogP contribution in [-0.4, -0.2) is 39.7 Å². The number of nitrogens with one attached hydrogen (secondary N) is 2. The summed E-state index contributed by atoms with van der Waals surface area (Å²) in [5.74, 6) is 1.06. The van der Waals surface area contributed by atoms with Gasteiger partial charge in [-0.2, -0.15) is 4.80 Å². The number of fused-ring (bicyclic) bond motifs is 1. The van der Waals surface area contributed by atoms with Crippen molar-refractivity contribution in [3.8, 4) is 17.2 Å². The predicted octanol–water partition coefficient (Wildman–Crippen LogP) is 4.26. The number of rotatable bonds is 6. The number of methoxy groups -OCH3 is 1. The molecule has 0 atom stereocenters. The van der Waals surface area contributed by atoms with E-state index in [9.17, 15) is 4.79 Å². The highest BCUT2D eigenvalue weighted by Gasteiger charge is 2.12. The summed E-state index contributed by atoms with van der Waals surface area (Å²) in [7, 11) is 1.55. The number of nitrogens with zero attached hydrogens (tertiary/aromatic N) is 3. The number of benzene rings is 3. The SMILES string of the molecule is CCOc1ccc(-n2nc3cc(C)c(NC(=S)NC(=O)c4cccc(OC)c4)cc3n2)cc1. The second-order valence-corrected chi connectivity index (χ2v) is 7.62. The van der Waals surface area contributed by atoms with Gasteiger partial charge >= 0.3 is 0 Å². The molecule has 3 aromatic carbocycles. The molecule has 0 radical (unpaired) electrons. The number of amides is 1. The van der Waals surface area contributed by atoms with Crippen molar-refractivity contribution in [2.24, 2.45) is 0 Å². The van der Waals surface area contributed by atoms with E-state index in [4.69, 9.17) is 21.7 Å². The molecule has 0 bridgehead atoms. The van der Waals surface area contributed by atoms with E-state index in [0.29, 0.717) is 23.4 Å². The van der Waals surface area contributed by atoms with Gasteiger partial charge in [0.2, 0.25) is 0 Å². The number of carbonyl (C=O) groups is 1. The summed E-state index contributed by atoms with van der Waals surface area (Å²) < 4.78 is 10.6. The third kappa shape index (κ3) is 5.09. The van der Waals surface area contributed by atoms with Gasteiger partial charge in [0.25, 0.3) is 5.91 Å². The first-order chi connectivity index (χ1) is 16.0. The molecule has 168 valence electrons.